The van der Waals surface area contributed by atoms with E-state index in [0.717, 1.165) is 28.4 Å². The van der Waals surface area contributed by atoms with Gasteiger partial charge in [-0.2, -0.15) is 5.26 Å². The highest BCUT2D eigenvalue weighted by Crippen LogP contribution is 2.25. The molecule has 0 spiro atoms. The molecular weight excluding hydrogens is 406 g/mol. The van der Waals surface area contributed by atoms with Gasteiger partial charge in [0.1, 0.15) is 17.4 Å². The van der Waals surface area contributed by atoms with Crippen LogP contribution in [-0.2, 0) is 4.79 Å². The van der Waals surface area contributed by atoms with E-state index in [0.29, 0.717) is 12.3 Å². The predicted octanol–water partition coefficient (Wildman–Crippen LogP) is 4.74. The van der Waals surface area contributed by atoms with Gasteiger partial charge in [-0.05, 0) is 80.9 Å². The summed E-state index contributed by atoms with van der Waals surface area (Å²) < 4.78 is 7.53. The highest BCUT2D eigenvalue weighted by atomic mass is 16.5. The number of benzene rings is 2. The Kier molecular flexibility index (Phi) is 6.76. The Morgan fingerprint density at radius 1 is 1.16 bits per heavy atom. The summed E-state index contributed by atoms with van der Waals surface area (Å²) in [5.41, 5.74) is 3.77. The molecule has 3 aromatic rings. The highest BCUT2D eigenvalue weighted by Gasteiger charge is 2.15. The number of rotatable bonds is 7. The molecule has 0 aliphatic carbocycles. The van der Waals surface area contributed by atoms with Crippen LogP contribution in [0, 0.1) is 25.2 Å². The van der Waals surface area contributed by atoms with Crippen molar-refractivity contribution in [3.05, 3.63) is 82.7 Å². The number of amides is 1. The van der Waals surface area contributed by atoms with Crippen LogP contribution in [0.4, 0.5) is 5.69 Å². The van der Waals surface area contributed by atoms with Crippen molar-refractivity contribution >= 4 is 23.6 Å². The molecule has 1 amide bonds. The molecule has 2 N–H and O–H groups in total. The molecule has 0 unspecified atom stereocenters. The second kappa shape index (κ2) is 9.67. The molecule has 1 aromatic heterocycles. The lowest BCUT2D eigenvalue weighted by Crippen LogP contribution is -2.14. The molecule has 1 heterocycles. The van der Waals surface area contributed by atoms with Crippen LogP contribution in [0.3, 0.4) is 0 Å². The lowest BCUT2D eigenvalue weighted by atomic mass is 10.1. The van der Waals surface area contributed by atoms with Crippen LogP contribution in [0.15, 0.2) is 60.2 Å². The van der Waals surface area contributed by atoms with Gasteiger partial charge in [0.05, 0.1) is 12.2 Å². The standard InChI is InChI=1S/C25H23N3O4/c1-4-32-23-10-8-22(9-11-23)28-16(2)12-19(17(28)3)13-20(15-26)24(29)27-21-7-5-6-18(14-21)25(30)31/h5-14H,4H2,1-3H3,(H,27,29)(H,30,31)/b20-13-. The minimum absolute atomic E-state index is 0.0455. The van der Waals surface area contributed by atoms with Gasteiger partial charge < -0.3 is 19.7 Å². The van der Waals surface area contributed by atoms with E-state index in [1.807, 2.05) is 61.7 Å². The minimum atomic E-state index is -1.10. The number of hydrogen-bond acceptors (Lipinski definition) is 4. The molecule has 7 heteroatoms. The average Bonchev–Trinajstić information content (AvgIpc) is 3.05. The van der Waals surface area contributed by atoms with E-state index < -0.39 is 11.9 Å². The van der Waals surface area contributed by atoms with Crippen LogP contribution in [-0.4, -0.2) is 28.2 Å². The number of ether oxygens (including phenoxy) is 1. The normalized spacial score (nSPS) is 11.0. The predicted molar refractivity (Wildman–Crippen MR) is 122 cm³/mol. The van der Waals surface area contributed by atoms with E-state index in [1.165, 1.54) is 24.3 Å². The van der Waals surface area contributed by atoms with Crippen molar-refractivity contribution < 1.29 is 19.4 Å². The molecule has 0 bridgehead atoms. The van der Waals surface area contributed by atoms with Crippen LogP contribution in [0.2, 0.25) is 0 Å². The average molecular weight is 429 g/mol. The van der Waals surface area contributed by atoms with Crippen molar-refractivity contribution in [2.24, 2.45) is 0 Å². The highest BCUT2D eigenvalue weighted by molar-refractivity contribution is 6.10. The summed E-state index contributed by atoms with van der Waals surface area (Å²) in [5.74, 6) is -0.922. The van der Waals surface area contributed by atoms with Crippen molar-refractivity contribution in [1.29, 1.82) is 5.26 Å². The minimum Gasteiger partial charge on any atom is -0.494 e. The van der Waals surface area contributed by atoms with Gasteiger partial charge in [0.2, 0.25) is 0 Å². The summed E-state index contributed by atoms with van der Waals surface area (Å²) >= 11 is 0. The van der Waals surface area contributed by atoms with Crippen LogP contribution in [0.5, 0.6) is 5.75 Å². The van der Waals surface area contributed by atoms with Gasteiger partial charge in [0, 0.05) is 22.8 Å². The Morgan fingerprint density at radius 2 is 1.88 bits per heavy atom. The Bertz CT molecular complexity index is 1230. The molecule has 32 heavy (non-hydrogen) atoms. The summed E-state index contributed by atoms with van der Waals surface area (Å²) in [4.78, 5) is 23.8. The largest absolute Gasteiger partial charge is 0.494 e. The molecule has 0 saturated carbocycles. The maximum absolute atomic E-state index is 12.6. The molecule has 0 atom stereocenters. The number of aromatic nitrogens is 1. The number of hydrogen-bond donors (Lipinski definition) is 2. The van der Waals surface area contributed by atoms with Gasteiger partial charge in [0.15, 0.2) is 0 Å². The summed E-state index contributed by atoms with van der Waals surface area (Å²) in [5, 5.41) is 21.2. The smallest absolute Gasteiger partial charge is 0.335 e. The summed E-state index contributed by atoms with van der Waals surface area (Å²) in [7, 11) is 0. The fraction of sp³-hybridized carbons (Fsp3) is 0.160. The zero-order chi connectivity index (χ0) is 23.3. The van der Waals surface area contributed by atoms with E-state index in [1.54, 1.807) is 6.07 Å². The first-order valence-electron chi connectivity index (χ1n) is 10.0. The SMILES string of the molecule is CCOc1ccc(-n2c(C)cc(/C=C(/C#N)C(=O)Nc3cccc(C(=O)O)c3)c2C)cc1. The van der Waals surface area contributed by atoms with Crippen molar-refractivity contribution in [2.45, 2.75) is 20.8 Å². The zero-order valence-electron chi connectivity index (χ0n) is 18.0. The first-order chi connectivity index (χ1) is 15.3. The Labute approximate surface area is 186 Å². The Morgan fingerprint density at radius 3 is 2.50 bits per heavy atom. The van der Waals surface area contributed by atoms with Gasteiger partial charge in [-0.25, -0.2) is 4.79 Å². The summed E-state index contributed by atoms with van der Waals surface area (Å²) in [6.07, 6.45) is 1.53. The third kappa shape index (κ3) is 4.87. The summed E-state index contributed by atoms with van der Waals surface area (Å²) in [6, 6.07) is 17.4. The molecule has 0 aliphatic rings. The first kappa shape index (κ1) is 22.4. The van der Waals surface area contributed by atoms with Crippen LogP contribution in [0.25, 0.3) is 11.8 Å². The number of aromatic carboxylic acids is 1. The molecule has 0 radical (unpaired) electrons. The van der Waals surface area contributed by atoms with Gasteiger partial charge in [0.25, 0.3) is 5.91 Å². The molecule has 2 aromatic carbocycles. The number of nitrogens with one attached hydrogen (secondary N) is 1. The second-order valence-corrected chi connectivity index (χ2v) is 7.10. The van der Waals surface area contributed by atoms with Gasteiger partial charge in [-0.3, -0.25) is 4.79 Å². The zero-order valence-corrected chi connectivity index (χ0v) is 18.0. The number of nitrogens with zero attached hydrogens (tertiary/aromatic N) is 2. The van der Waals surface area contributed by atoms with E-state index in [-0.39, 0.29) is 11.1 Å². The van der Waals surface area contributed by atoms with Crippen molar-refractivity contribution in [2.75, 3.05) is 11.9 Å². The number of anilines is 1. The van der Waals surface area contributed by atoms with E-state index >= 15 is 0 Å². The Hall–Kier alpha value is -4.31. The van der Waals surface area contributed by atoms with Crippen molar-refractivity contribution in [1.82, 2.24) is 4.57 Å². The molecular formula is C25H23N3O4. The molecule has 0 aliphatic heterocycles. The molecule has 7 nitrogen and oxygen atoms in total. The van der Waals surface area contributed by atoms with Crippen molar-refractivity contribution in [3.8, 4) is 17.5 Å². The topological polar surface area (TPSA) is 104 Å². The second-order valence-electron chi connectivity index (χ2n) is 7.10. The van der Waals surface area contributed by atoms with Crippen LogP contribution in [0.1, 0.15) is 34.2 Å². The quantitative estimate of drug-likeness (QED) is 0.417. The summed E-state index contributed by atoms with van der Waals surface area (Å²) in [6.45, 7) is 6.39. The third-order valence-electron chi connectivity index (χ3n) is 4.91. The maximum atomic E-state index is 12.6. The van der Waals surface area contributed by atoms with Gasteiger partial charge in [-0.1, -0.05) is 6.07 Å². The van der Waals surface area contributed by atoms with Crippen molar-refractivity contribution in [3.63, 3.8) is 0 Å². The van der Waals surface area contributed by atoms with E-state index in [2.05, 4.69) is 5.32 Å². The molecule has 3 rings (SSSR count). The monoisotopic (exact) mass is 429 g/mol. The number of carboxylic acid groups (broad SMARTS) is 1. The van der Waals surface area contributed by atoms with Gasteiger partial charge in [-0.15, -0.1) is 0 Å². The third-order valence-corrected chi connectivity index (χ3v) is 4.91. The molecule has 0 saturated heterocycles. The number of nitriles is 1. The molecule has 0 fully saturated rings. The van der Waals surface area contributed by atoms with E-state index in [9.17, 15) is 14.9 Å². The lowest BCUT2D eigenvalue weighted by molar-refractivity contribution is -0.112. The fourth-order valence-corrected chi connectivity index (χ4v) is 3.42. The number of carboxylic acids is 1. The van der Waals surface area contributed by atoms with Gasteiger partial charge >= 0.3 is 5.97 Å². The number of carbonyl (C=O) groups is 2. The van der Waals surface area contributed by atoms with Crippen LogP contribution >= 0.6 is 0 Å². The molecule has 162 valence electrons. The van der Waals surface area contributed by atoms with E-state index in [4.69, 9.17) is 9.84 Å². The Balaban J connectivity index is 1.88. The fourth-order valence-electron chi connectivity index (χ4n) is 3.42. The first-order valence-corrected chi connectivity index (χ1v) is 10.0. The van der Waals surface area contributed by atoms with Crippen LogP contribution < -0.4 is 10.1 Å². The number of carbonyl (C=O) groups excluding carboxylic acids is 1. The lowest BCUT2D eigenvalue weighted by Gasteiger charge is -2.11. The number of aryl methyl sites for hydroxylation is 1. The maximum Gasteiger partial charge on any atom is 0.335 e.